The Morgan fingerprint density at radius 3 is 2.70 bits per heavy atom. The highest BCUT2D eigenvalue weighted by Gasteiger charge is 2.18. The van der Waals surface area contributed by atoms with Gasteiger partial charge in [-0.1, -0.05) is 42.1 Å². The van der Waals surface area contributed by atoms with Crippen LogP contribution in [0.25, 0.3) is 5.69 Å². The second-order valence-electron chi connectivity index (χ2n) is 6.62. The van der Waals surface area contributed by atoms with Crippen LogP contribution >= 0.6 is 11.8 Å². The Balaban J connectivity index is 1.46. The first-order valence-electron chi connectivity index (χ1n) is 9.32. The van der Waals surface area contributed by atoms with Gasteiger partial charge in [-0.25, -0.2) is 4.68 Å². The molecule has 0 aliphatic heterocycles. The van der Waals surface area contributed by atoms with Crippen LogP contribution < -0.4 is 4.74 Å². The second kappa shape index (κ2) is 8.84. The van der Waals surface area contributed by atoms with Gasteiger partial charge in [0.05, 0.1) is 22.6 Å². The summed E-state index contributed by atoms with van der Waals surface area (Å²) in [5.74, 6) is 1.62. The minimum absolute atomic E-state index is 0.196. The van der Waals surface area contributed by atoms with E-state index in [0.29, 0.717) is 28.1 Å². The van der Waals surface area contributed by atoms with Gasteiger partial charge in [0.1, 0.15) is 11.8 Å². The number of thioether (sulfide) groups is 1. The first kappa shape index (κ1) is 19.7. The fourth-order valence-electron chi connectivity index (χ4n) is 2.97. The highest BCUT2D eigenvalue weighted by molar-refractivity contribution is 7.98. The topological polar surface area (TPSA) is 89.8 Å². The van der Waals surface area contributed by atoms with E-state index in [1.165, 1.54) is 11.8 Å². The van der Waals surface area contributed by atoms with Gasteiger partial charge in [-0.2, -0.15) is 10.4 Å². The van der Waals surface area contributed by atoms with Crippen LogP contribution in [-0.2, 0) is 12.4 Å². The smallest absolute Gasteiger partial charge is 0.277 e. The molecule has 150 valence electrons. The number of ether oxygens (including phenoxy) is 1. The average molecular weight is 417 g/mol. The van der Waals surface area contributed by atoms with Gasteiger partial charge in [0.2, 0.25) is 0 Å². The molecule has 30 heavy (non-hydrogen) atoms. The van der Waals surface area contributed by atoms with E-state index in [1.54, 1.807) is 4.68 Å². The third kappa shape index (κ3) is 4.36. The number of rotatable bonds is 7. The van der Waals surface area contributed by atoms with Crippen molar-refractivity contribution in [1.29, 1.82) is 5.26 Å². The molecule has 0 saturated carbocycles. The molecule has 0 radical (unpaired) electrons. The molecule has 4 aromatic rings. The van der Waals surface area contributed by atoms with Crippen LogP contribution in [0.3, 0.4) is 0 Å². The van der Waals surface area contributed by atoms with Crippen LogP contribution in [0, 0.1) is 25.2 Å². The molecule has 2 heterocycles. The predicted molar refractivity (Wildman–Crippen MR) is 112 cm³/mol. The van der Waals surface area contributed by atoms with Crippen molar-refractivity contribution in [2.45, 2.75) is 31.4 Å². The molecular formula is C22H19N5O2S. The van der Waals surface area contributed by atoms with Crippen LogP contribution in [0.2, 0.25) is 0 Å². The van der Waals surface area contributed by atoms with Gasteiger partial charge < -0.3 is 9.15 Å². The van der Waals surface area contributed by atoms with Crippen molar-refractivity contribution >= 4 is 11.8 Å². The molecule has 0 aliphatic carbocycles. The lowest BCUT2D eigenvalue weighted by Crippen LogP contribution is -2.02. The zero-order valence-electron chi connectivity index (χ0n) is 16.6. The normalized spacial score (nSPS) is 10.7. The van der Waals surface area contributed by atoms with E-state index in [1.807, 2.05) is 68.4 Å². The molecule has 4 rings (SSSR count). The van der Waals surface area contributed by atoms with Crippen LogP contribution in [-0.4, -0.2) is 20.0 Å². The van der Waals surface area contributed by atoms with Gasteiger partial charge in [-0.15, -0.1) is 10.2 Å². The van der Waals surface area contributed by atoms with Gasteiger partial charge in [-0.3, -0.25) is 0 Å². The van der Waals surface area contributed by atoms with Crippen molar-refractivity contribution in [1.82, 2.24) is 20.0 Å². The summed E-state index contributed by atoms with van der Waals surface area (Å²) in [6.45, 7) is 4.03. The second-order valence-corrected chi connectivity index (χ2v) is 7.55. The summed E-state index contributed by atoms with van der Waals surface area (Å²) in [4.78, 5) is 0. The summed E-state index contributed by atoms with van der Waals surface area (Å²) in [6, 6.07) is 19.8. The lowest BCUT2D eigenvalue weighted by atomic mass is 10.2. The van der Waals surface area contributed by atoms with Crippen LogP contribution in [0.1, 0.15) is 28.4 Å². The Morgan fingerprint density at radius 2 is 1.93 bits per heavy atom. The number of nitrogens with zero attached hydrogens (tertiary/aromatic N) is 5. The first-order valence-corrected chi connectivity index (χ1v) is 10.3. The zero-order valence-corrected chi connectivity index (χ0v) is 17.4. The van der Waals surface area contributed by atoms with Crippen molar-refractivity contribution in [3.05, 3.63) is 83.0 Å². The van der Waals surface area contributed by atoms with Crippen molar-refractivity contribution in [3.63, 3.8) is 0 Å². The number of para-hydroxylation sites is 1. The van der Waals surface area contributed by atoms with E-state index in [9.17, 15) is 5.26 Å². The molecule has 8 heteroatoms. The highest BCUT2D eigenvalue weighted by Crippen LogP contribution is 2.27. The van der Waals surface area contributed by atoms with Crippen molar-refractivity contribution in [2.75, 3.05) is 0 Å². The van der Waals surface area contributed by atoms with Gasteiger partial charge >= 0.3 is 0 Å². The largest absolute Gasteiger partial charge is 0.484 e. The molecule has 0 unspecified atom stereocenters. The summed E-state index contributed by atoms with van der Waals surface area (Å²) < 4.78 is 13.2. The van der Waals surface area contributed by atoms with Gasteiger partial charge in [0.25, 0.3) is 11.1 Å². The quantitative estimate of drug-likeness (QED) is 0.405. The minimum Gasteiger partial charge on any atom is -0.484 e. The summed E-state index contributed by atoms with van der Waals surface area (Å²) >= 11 is 1.36. The molecule has 0 spiro atoms. The minimum atomic E-state index is 0.196. The van der Waals surface area contributed by atoms with Crippen LogP contribution in [0.5, 0.6) is 5.75 Å². The number of nitriles is 1. The van der Waals surface area contributed by atoms with Crippen LogP contribution in [0.4, 0.5) is 0 Å². The van der Waals surface area contributed by atoms with E-state index >= 15 is 0 Å². The molecule has 0 atom stereocenters. The molecule has 0 N–H and O–H groups in total. The van der Waals surface area contributed by atoms with Gasteiger partial charge in [-0.05, 0) is 43.7 Å². The molecule has 2 aromatic carbocycles. The molecule has 0 fully saturated rings. The molecule has 0 aliphatic rings. The summed E-state index contributed by atoms with van der Waals surface area (Å²) in [7, 11) is 0. The summed E-state index contributed by atoms with van der Waals surface area (Å²) in [5.41, 5.74) is 4.06. The Hall–Kier alpha value is -3.57. The molecule has 0 saturated heterocycles. The van der Waals surface area contributed by atoms with Crippen molar-refractivity contribution in [3.8, 4) is 17.5 Å². The fourth-order valence-corrected chi connectivity index (χ4v) is 3.75. The number of benzene rings is 2. The molecule has 2 aromatic heterocycles. The Morgan fingerprint density at radius 1 is 1.10 bits per heavy atom. The Bertz CT molecular complexity index is 1190. The van der Waals surface area contributed by atoms with Gasteiger partial charge in [0, 0.05) is 5.75 Å². The monoisotopic (exact) mass is 417 g/mol. The Kier molecular flexibility index (Phi) is 5.82. The number of hydrogen-bond acceptors (Lipinski definition) is 7. The van der Waals surface area contributed by atoms with E-state index < -0.39 is 0 Å². The predicted octanol–water partition coefficient (Wildman–Crippen LogP) is 4.62. The average Bonchev–Trinajstić information content (AvgIpc) is 3.35. The molecule has 7 nitrogen and oxygen atoms in total. The molecule has 0 bridgehead atoms. The third-order valence-electron chi connectivity index (χ3n) is 4.40. The maximum absolute atomic E-state index is 9.58. The lowest BCUT2D eigenvalue weighted by Gasteiger charge is -2.06. The number of hydrogen-bond donors (Lipinski definition) is 0. The van der Waals surface area contributed by atoms with Gasteiger partial charge in [0.15, 0.2) is 6.61 Å². The van der Waals surface area contributed by atoms with Crippen molar-refractivity contribution in [2.24, 2.45) is 0 Å². The summed E-state index contributed by atoms with van der Waals surface area (Å²) in [6.07, 6.45) is 0. The Labute approximate surface area is 178 Å². The maximum Gasteiger partial charge on any atom is 0.277 e. The SMILES string of the molecule is Cc1cccc(OCc2nnc(SCc3c(C#N)c(C)nn3-c3ccccc3)o2)c1. The lowest BCUT2D eigenvalue weighted by molar-refractivity contribution is 0.252. The fraction of sp³-hybridized carbons (Fsp3) is 0.182. The van der Waals surface area contributed by atoms with E-state index in [0.717, 1.165) is 22.7 Å². The number of aryl methyl sites for hydroxylation is 2. The maximum atomic E-state index is 9.58. The number of aromatic nitrogens is 4. The standard InChI is InChI=1S/C22H19N5O2S/c1-15-7-6-10-18(11-15)28-13-21-24-25-22(29-21)30-14-20-19(12-23)16(2)26-27(20)17-8-4-3-5-9-17/h3-11H,13-14H2,1-2H3. The van der Waals surface area contributed by atoms with Crippen LogP contribution in [0.15, 0.2) is 64.2 Å². The summed E-state index contributed by atoms with van der Waals surface area (Å²) in [5, 5.41) is 22.7. The molecular weight excluding hydrogens is 398 g/mol. The third-order valence-corrected chi connectivity index (χ3v) is 5.23. The highest BCUT2D eigenvalue weighted by atomic mass is 32.2. The van der Waals surface area contributed by atoms with E-state index in [4.69, 9.17) is 9.15 Å². The first-order chi connectivity index (χ1) is 14.6. The van der Waals surface area contributed by atoms with E-state index in [-0.39, 0.29) is 6.61 Å². The van der Waals surface area contributed by atoms with E-state index in [2.05, 4.69) is 21.4 Å². The molecule has 0 amide bonds. The zero-order chi connectivity index (χ0) is 20.9. The van der Waals surface area contributed by atoms with Crippen molar-refractivity contribution < 1.29 is 9.15 Å².